The highest BCUT2D eigenvalue weighted by Gasteiger charge is 2.55. The van der Waals surface area contributed by atoms with E-state index in [0.717, 1.165) is 36.4 Å². The first-order chi connectivity index (χ1) is 18.8. The van der Waals surface area contributed by atoms with Gasteiger partial charge in [-0.25, -0.2) is 4.57 Å². The first-order valence-electron chi connectivity index (χ1n) is 11.8. The largest absolute Gasteiger partial charge is 0.477 e. The van der Waals surface area contributed by atoms with Crippen LogP contribution in [0.2, 0.25) is 0 Å². The molecule has 0 saturated heterocycles. The van der Waals surface area contributed by atoms with E-state index in [1.807, 2.05) is 0 Å². The highest BCUT2D eigenvalue weighted by Crippen LogP contribution is 2.64. The van der Waals surface area contributed by atoms with Crippen molar-refractivity contribution >= 4 is 7.82 Å². The molecule has 0 aliphatic carbocycles. The van der Waals surface area contributed by atoms with Crippen molar-refractivity contribution in [2.24, 2.45) is 0 Å². The molecule has 0 bridgehead atoms. The van der Waals surface area contributed by atoms with Gasteiger partial charge in [-0.2, -0.15) is 39.5 Å². The number of phosphoric acid groups is 1. The highest BCUT2D eigenvalue weighted by molar-refractivity contribution is 7.48. The van der Waals surface area contributed by atoms with E-state index >= 15 is 0 Å². The monoisotopic (exact) mass is 614 g/mol. The first-order valence-corrected chi connectivity index (χ1v) is 13.3. The number of halogens is 9. The quantitative estimate of drug-likeness (QED) is 0.178. The molecule has 0 fully saturated rings. The topological polar surface area (TPSA) is 44.8 Å². The molecule has 14 heteroatoms. The average Bonchev–Trinajstić information content (AvgIpc) is 2.85. The van der Waals surface area contributed by atoms with Crippen molar-refractivity contribution in [2.45, 2.75) is 57.6 Å². The molecule has 0 radical (unpaired) electrons. The van der Waals surface area contributed by atoms with Gasteiger partial charge >= 0.3 is 26.4 Å². The van der Waals surface area contributed by atoms with Gasteiger partial charge in [-0.05, 0) is 37.5 Å². The van der Waals surface area contributed by atoms with Crippen LogP contribution in [0.5, 0.6) is 0 Å². The maximum absolute atomic E-state index is 14.1. The van der Waals surface area contributed by atoms with Crippen molar-refractivity contribution in [3.63, 3.8) is 0 Å². The fourth-order valence-electron chi connectivity index (χ4n) is 3.61. The fourth-order valence-corrected chi connectivity index (χ4v) is 5.26. The molecule has 0 aromatic heterocycles. The maximum atomic E-state index is 14.1. The predicted molar refractivity (Wildman–Crippen MR) is 131 cm³/mol. The Labute approximate surface area is 229 Å². The molecular weight excluding hydrogens is 590 g/mol. The van der Waals surface area contributed by atoms with E-state index in [1.54, 1.807) is 0 Å². The standard InChI is InChI=1S/C27H24F9O4P/c1-16-4-10-19(11-5-16)22(25(28,29)30)38-41(37,39-23(26(31,32)33)20-12-6-17(2)7-13-20)40-24(27(34,35)36)21-14-8-18(3)9-15-21/h4-15,22-24H,1-3H3. The van der Waals surface area contributed by atoms with Crippen LogP contribution in [0, 0.1) is 20.8 Å². The zero-order valence-corrected chi connectivity index (χ0v) is 22.5. The highest BCUT2D eigenvalue weighted by atomic mass is 31.2. The van der Waals surface area contributed by atoms with Crippen molar-refractivity contribution in [1.82, 2.24) is 0 Å². The summed E-state index contributed by atoms with van der Waals surface area (Å²) in [7, 11) is -6.37. The van der Waals surface area contributed by atoms with Crippen molar-refractivity contribution in [2.75, 3.05) is 0 Å². The summed E-state index contributed by atoms with van der Waals surface area (Å²) in [6.45, 7) is 4.57. The molecule has 4 nitrogen and oxygen atoms in total. The van der Waals surface area contributed by atoms with Crippen molar-refractivity contribution in [1.29, 1.82) is 0 Å². The van der Waals surface area contributed by atoms with Gasteiger partial charge in [0.25, 0.3) is 0 Å². The molecule has 224 valence electrons. The van der Waals surface area contributed by atoms with Crippen molar-refractivity contribution in [3.8, 4) is 0 Å². The maximum Gasteiger partial charge on any atom is 0.477 e. The number of phosphoric ester groups is 1. The van der Waals surface area contributed by atoms with Gasteiger partial charge in [-0.15, -0.1) is 0 Å². The minimum absolute atomic E-state index is 0.485. The number of alkyl halides is 9. The van der Waals surface area contributed by atoms with E-state index in [1.165, 1.54) is 57.2 Å². The lowest BCUT2D eigenvalue weighted by Gasteiger charge is -2.32. The Hall–Kier alpha value is -2.86. The van der Waals surface area contributed by atoms with Crippen LogP contribution in [0.4, 0.5) is 39.5 Å². The van der Waals surface area contributed by atoms with Crippen LogP contribution >= 0.6 is 7.82 Å². The third-order valence-corrected chi connectivity index (χ3v) is 7.14. The van der Waals surface area contributed by atoms with Crippen LogP contribution in [0.15, 0.2) is 72.8 Å². The Kier molecular flexibility index (Phi) is 9.69. The van der Waals surface area contributed by atoms with Crippen LogP contribution < -0.4 is 0 Å². The summed E-state index contributed by atoms with van der Waals surface area (Å²) < 4.78 is 154. The Bertz CT molecular complexity index is 1170. The Morgan fingerprint density at radius 3 is 0.829 bits per heavy atom. The minimum Gasteiger partial charge on any atom is -0.269 e. The molecule has 0 N–H and O–H groups in total. The molecule has 3 unspecified atom stereocenters. The molecule has 0 aliphatic heterocycles. The molecule has 0 amide bonds. The third-order valence-electron chi connectivity index (χ3n) is 5.74. The van der Waals surface area contributed by atoms with Gasteiger partial charge in [0.05, 0.1) is 0 Å². The summed E-state index contributed by atoms with van der Waals surface area (Å²) in [5.41, 5.74) is -0.815. The number of rotatable bonds is 9. The Balaban J connectivity index is 2.17. The molecule has 0 saturated carbocycles. The summed E-state index contributed by atoms with van der Waals surface area (Å²) in [5.74, 6) is 0. The van der Waals surface area contributed by atoms with Crippen LogP contribution in [-0.2, 0) is 18.1 Å². The van der Waals surface area contributed by atoms with Crippen LogP contribution in [0.1, 0.15) is 51.7 Å². The molecule has 0 heterocycles. The predicted octanol–water partition coefficient (Wildman–Crippen LogP) is 9.98. The van der Waals surface area contributed by atoms with Crippen molar-refractivity contribution < 1.29 is 57.7 Å². The first kappa shape index (κ1) is 32.7. The van der Waals surface area contributed by atoms with Gasteiger partial charge in [-0.3, -0.25) is 13.6 Å². The van der Waals surface area contributed by atoms with Gasteiger partial charge in [0.15, 0.2) is 18.3 Å². The van der Waals surface area contributed by atoms with E-state index in [4.69, 9.17) is 0 Å². The van der Waals surface area contributed by atoms with E-state index in [-0.39, 0.29) is 0 Å². The molecule has 3 aromatic carbocycles. The average molecular weight is 614 g/mol. The van der Waals surface area contributed by atoms with Crippen LogP contribution in [0.25, 0.3) is 0 Å². The van der Waals surface area contributed by atoms with Gasteiger partial charge in [-0.1, -0.05) is 89.5 Å². The fraction of sp³-hybridized carbons (Fsp3) is 0.333. The minimum atomic E-state index is -6.37. The molecule has 41 heavy (non-hydrogen) atoms. The molecule has 3 atom stereocenters. The SMILES string of the molecule is Cc1ccc(C(OP(=O)(OC(c2ccc(C)cc2)C(F)(F)F)OC(c2ccc(C)cc2)C(F)(F)F)C(F)(F)F)cc1. The Morgan fingerprint density at radius 1 is 0.463 bits per heavy atom. The molecule has 3 aromatic rings. The summed E-state index contributed by atoms with van der Waals surface area (Å²) in [5, 5.41) is 0. The van der Waals surface area contributed by atoms with Gasteiger partial charge in [0.1, 0.15) is 0 Å². The summed E-state index contributed by atoms with van der Waals surface area (Å²) in [4.78, 5) is 0. The lowest BCUT2D eigenvalue weighted by atomic mass is 10.1. The second-order valence-electron chi connectivity index (χ2n) is 9.26. The number of aryl methyl sites for hydroxylation is 3. The zero-order valence-electron chi connectivity index (χ0n) is 21.6. The van der Waals surface area contributed by atoms with Gasteiger partial charge in [0, 0.05) is 0 Å². The molecule has 3 rings (SSSR count). The second-order valence-corrected chi connectivity index (χ2v) is 10.8. The number of hydrogen-bond acceptors (Lipinski definition) is 4. The van der Waals surface area contributed by atoms with E-state index in [2.05, 4.69) is 13.6 Å². The third kappa shape index (κ3) is 8.81. The molecular formula is C27H24F9O4P. The van der Waals surface area contributed by atoms with E-state index in [9.17, 15) is 44.1 Å². The van der Waals surface area contributed by atoms with E-state index in [0.29, 0.717) is 16.7 Å². The lowest BCUT2D eigenvalue weighted by Crippen LogP contribution is -2.29. The molecule has 0 aliphatic rings. The van der Waals surface area contributed by atoms with E-state index < -0.39 is 61.4 Å². The normalized spacial score (nSPS) is 16.6. The summed E-state index contributed by atoms with van der Waals surface area (Å²) >= 11 is 0. The van der Waals surface area contributed by atoms with Gasteiger partial charge < -0.3 is 0 Å². The van der Waals surface area contributed by atoms with Crippen LogP contribution in [0.3, 0.4) is 0 Å². The summed E-state index contributed by atoms with van der Waals surface area (Å²) in [6.07, 6.45) is -26.2. The number of hydrogen-bond donors (Lipinski definition) is 0. The number of benzene rings is 3. The molecule has 0 spiro atoms. The van der Waals surface area contributed by atoms with Gasteiger partial charge in [0.2, 0.25) is 0 Å². The van der Waals surface area contributed by atoms with Crippen molar-refractivity contribution in [3.05, 3.63) is 106 Å². The van der Waals surface area contributed by atoms with Crippen LogP contribution in [-0.4, -0.2) is 18.5 Å². The second kappa shape index (κ2) is 12.2. The summed E-state index contributed by atoms with van der Waals surface area (Å²) in [6, 6.07) is 12.4. The smallest absolute Gasteiger partial charge is 0.269 e. The Morgan fingerprint density at radius 2 is 0.659 bits per heavy atom. The lowest BCUT2D eigenvalue weighted by molar-refractivity contribution is -0.233. The zero-order chi connectivity index (χ0) is 30.8.